The topological polar surface area (TPSA) is 46.7 Å². The third-order valence-electron chi connectivity index (χ3n) is 5.28. The van der Waals surface area contributed by atoms with Gasteiger partial charge in [-0.05, 0) is 29.8 Å². The van der Waals surface area contributed by atoms with Crippen molar-refractivity contribution in [1.29, 1.82) is 0 Å². The molecule has 1 saturated heterocycles. The van der Waals surface area contributed by atoms with Crippen LogP contribution < -0.4 is 10.2 Å². The monoisotopic (exact) mass is 379 g/mol. The highest BCUT2D eigenvalue weighted by Gasteiger charge is 2.18. The van der Waals surface area contributed by atoms with Crippen molar-refractivity contribution >= 4 is 5.91 Å². The Bertz CT molecular complexity index is 960. The van der Waals surface area contributed by atoms with Crippen molar-refractivity contribution in [2.45, 2.75) is 25.9 Å². The molecule has 0 aliphatic carbocycles. The summed E-state index contributed by atoms with van der Waals surface area (Å²) in [4.78, 5) is 14.1. The maximum atomic E-state index is 13.9. The second-order valence-electron chi connectivity index (χ2n) is 7.23. The zero-order chi connectivity index (χ0) is 19.3. The molecule has 4 rings (SSSR count). The molecule has 2 aromatic carbocycles. The van der Waals surface area contributed by atoms with E-state index in [-0.39, 0.29) is 17.5 Å². The number of furan rings is 1. The number of nitrogens with one attached hydrogen (secondary N) is 2. The van der Waals surface area contributed by atoms with E-state index in [0.717, 1.165) is 12.1 Å². The zero-order valence-corrected chi connectivity index (χ0v) is 15.7. The van der Waals surface area contributed by atoms with Gasteiger partial charge in [0.1, 0.15) is 18.1 Å². The minimum absolute atomic E-state index is 0.181. The summed E-state index contributed by atoms with van der Waals surface area (Å²) in [5.74, 6) is -0.143. The van der Waals surface area contributed by atoms with Gasteiger partial charge in [-0.3, -0.25) is 4.79 Å². The summed E-state index contributed by atoms with van der Waals surface area (Å²) in [6.07, 6.45) is 2.58. The molecule has 0 bridgehead atoms. The molecule has 2 N–H and O–H groups in total. The van der Waals surface area contributed by atoms with Gasteiger partial charge in [-0.15, -0.1) is 0 Å². The Balaban J connectivity index is 1.42. The maximum absolute atomic E-state index is 13.9. The minimum Gasteiger partial charge on any atom is -0.451 e. The molecule has 1 amide bonds. The summed E-state index contributed by atoms with van der Waals surface area (Å²) < 4.78 is 19.5. The average molecular weight is 379 g/mol. The highest BCUT2D eigenvalue weighted by Crippen LogP contribution is 2.24. The number of benzene rings is 2. The van der Waals surface area contributed by atoms with Crippen molar-refractivity contribution in [3.8, 4) is 11.3 Å². The molecule has 3 aromatic rings. The molecule has 2 heterocycles. The van der Waals surface area contributed by atoms with E-state index in [1.165, 1.54) is 37.6 Å². The fourth-order valence-corrected chi connectivity index (χ4v) is 3.75. The van der Waals surface area contributed by atoms with Crippen LogP contribution in [0.1, 0.15) is 34.5 Å². The van der Waals surface area contributed by atoms with Crippen LogP contribution in [-0.2, 0) is 13.1 Å². The number of hydrogen-bond donors (Lipinski definition) is 2. The molecular weight excluding hydrogens is 355 g/mol. The first-order valence-electron chi connectivity index (χ1n) is 9.74. The normalized spacial score (nSPS) is 14.3. The number of amides is 1. The van der Waals surface area contributed by atoms with Crippen molar-refractivity contribution in [3.63, 3.8) is 0 Å². The van der Waals surface area contributed by atoms with E-state index < -0.39 is 0 Å². The molecule has 1 fully saturated rings. The van der Waals surface area contributed by atoms with Gasteiger partial charge < -0.3 is 14.6 Å². The second kappa shape index (κ2) is 8.40. The van der Waals surface area contributed by atoms with Gasteiger partial charge in [0.25, 0.3) is 5.91 Å². The molecule has 28 heavy (non-hydrogen) atoms. The Hall–Kier alpha value is -2.92. The fourth-order valence-electron chi connectivity index (χ4n) is 3.75. The molecule has 1 aromatic heterocycles. The molecule has 0 saturated carbocycles. The SMILES string of the molecule is O=C(NCc1ccccc1C[NH+]1CCCC1)c1ccc(-c2ccccc2F)o1. The van der Waals surface area contributed by atoms with Crippen LogP contribution in [0.4, 0.5) is 4.39 Å². The summed E-state index contributed by atoms with van der Waals surface area (Å²) in [7, 11) is 0. The molecule has 5 heteroatoms. The quantitative estimate of drug-likeness (QED) is 0.691. The van der Waals surface area contributed by atoms with Gasteiger partial charge in [0.05, 0.1) is 18.7 Å². The number of rotatable bonds is 6. The molecule has 0 radical (unpaired) electrons. The highest BCUT2D eigenvalue weighted by molar-refractivity contribution is 5.92. The Morgan fingerprint density at radius 1 is 0.964 bits per heavy atom. The maximum Gasteiger partial charge on any atom is 0.287 e. The summed E-state index contributed by atoms with van der Waals surface area (Å²) >= 11 is 0. The summed E-state index contributed by atoms with van der Waals surface area (Å²) in [5, 5.41) is 2.92. The fraction of sp³-hybridized carbons (Fsp3) is 0.261. The van der Waals surface area contributed by atoms with Gasteiger partial charge in [-0.2, -0.15) is 0 Å². The second-order valence-corrected chi connectivity index (χ2v) is 7.23. The number of hydrogen-bond acceptors (Lipinski definition) is 2. The largest absolute Gasteiger partial charge is 0.451 e. The van der Waals surface area contributed by atoms with Crippen LogP contribution >= 0.6 is 0 Å². The molecule has 0 unspecified atom stereocenters. The van der Waals surface area contributed by atoms with Gasteiger partial charge in [0, 0.05) is 24.9 Å². The van der Waals surface area contributed by atoms with E-state index in [2.05, 4.69) is 17.4 Å². The predicted molar refractivity (Wildman–Crippen MR) is 105 cm³/mol. The average Bonchev–Trinajstić information content (AvgIpc) is 3.40. The van der Waals surface area contributed by atoms with Gasteiger partial charge in [-0.25, -0.2) is 4.39 Å². The van der Waals surface area contributed by atoms with E-state index in [4.69, 9.17) is 4.42 Å². The lowest BCUT2D eigenvalue weighted by Crippen LogP contribution is -3.08. The lowest BCUT2D eigenvalue weighted by molar-refractivity contribution is -0.901. The molecule has 0 atom stereocenters. The lowest BCUT2D eigenvalue weighted by atomic mass is 10.1. The number of likely N-dealkylation sites (tertiary alicyclic amines) is 1. The Morgan fingerprint density at radius 2 is 1.68 bits per heavy atom. The van der Waals surface area contributed by atoms with Gasteiger partial charge in [0.15, 0.2) is 5.76 Å². The van der Waals surface area contributed by atoms with E-state index >= 15 is 0 Å². The number of quaternary nitrogens is 1. The first kappa shape index (κ1) is 18.4. The first-order chi connectivity index (χ1) is 13.7. The van der Waals surface area contributed by atoms with Crippen LogP contribution in [-0.4, -0.2) is 19.0 Å². The number of halogens is 1. The molecule has 144 valence electrons. The van der Waals surface area contributed by atoms with E-state index in [1.807, 2.05) is 12.1 Å². The summed E-state index contributed by atoms with van der Waals surface area (Å²) in [6, 6.07) is 17.8. The summed E-state index contributed by atoms with van der Waals surface area (Å²) in [5.41, 5.74) is 2.74. The Kier molecular flexibility index (Phi) is 5.53. The number of carbonyl (C=O) groups excluding carboxylic acids is 1. The van der Waals surface area contributed by atoms with Gasteiger partial charge >= 0.3 is 0 Å². The smallest absolute Gasteiger partial charge is 0.287 e. The van der Waals surface area contributed by atoms with Crippen molar-refractivity contribution in [2.75, 3.05) is 13.1 Å². The van der Waals surface area contributed by atoms with Crippen molar-refractivity contribution in [1.82, 2.24) is 5.32 Å². The van der Waals surface area contributed by atoms with Gasteiger partial charge in [-0.1, -0.05) is 36.4 Å². The zero-order valence-electron chi connectivity index (χ0n) is 15.7. The van der Waals surface area contributed by atoms with Crippen molar-refractivity contribution < 1.29 is 18.5 Å². The molecule has 0 spiro atoms. The first-order valence-corrected chi connectivity index (χ1v) is 9.74. The van der Waals surface area contributed by atoms with Crippen LogP contribution in [0.15, 0.2) is 65.1 Å². The Morgan fingerprint density at radius 3 is 2.46 bits per heavy atom. The van der Waals surface area contributed by atoms with Crippen molar-refractivity contribution in [3.05, 3.63) is 83.4 Å². The summed E-state index contributed by atoms with van der Waals surface area (Å²) in [6.45, 7) is 3.86. The minimum atomic E-state index is -0.373. The predicted octanol–water partition coefficient (Wildman–Crippen LogP) is 3.19. The molecule has 1 aliphatic heterocycles. The van der Waals surface area contributed by atoms with E-state index in [1.54, 1.807) is 35.2 Å². The van der Waals surface area contributed by atoms with Crippen LogP contribution in [0.25, 0.3) is 11.3 Å². The van der Waals surface area contributed by atoms with Crippen molar-refractivity contribution in [2.24, 2.45) is 0 Å². The Labute approximate surface area is 164 Å². The van der Waals surface area contributed by atoms with Gasteiger partial charge in [0.2, 0.25) is 0 Å². The van der Waals surface area contributed by atoms with Crippen LogP contribution in [0.2, 0.25) is 0 Å². The number of carbonyl (C=O) groups is 1. The molecule has 1 aliphatic rings. The van der Waals surface area contributed by atoms with Crippen LogP contribution in [0, 0.1) is 5.82 Å². The van der Waals surface area contributed by atoms with E-state index in [9.17, 15) is 9.18 Å². The third kappa shape index (κ3) is 4.15. The third-order valence-corrected chi connectivity index (χ3v) is 5.28. The molecule has 4 nitrogen and oxygen atoms in total. The standard InChI is InChI=1S/C23H23FN2O2/c24-20-10-4-3-9-19(20)21-11-12-22(28-21)23(27)25-15-17-7-1-2-8-18(17)16-26-13-5-6-14-26/h1-4,7-12H,5-6,13-16H2,(H,25,27)/p+1. The van der Waals surface area contributed by atoms with E-state index in [0.29, 0.717) is 17.9 Å². The van der Waals surface area contributed by atoms with Crippen LogP contribution in [0.5, 0.6) is 0 Å². The lowest BCUT2D eigenvalue weighted by Gasteiger charge is -2.15. The molecular formula is C23H24FN2O2+. The highest BCUT2D eigenvalue weighted by atomic mass is 19.1. The van der Waals surface area contributed by atoms with Crippen LogP contribution in [0.3, 0.4) is 0 Å².